The van der Waals surface area contributed by atoms with E-state index in [-0.39, 0.29) is 6.04 Å². The first-order valence-electron chi connectivity index (χ1n) is 6.88. The van der Waals surface area contributed by atoms with Crippen molar-refractivity contribution in [3.63, 3.8) is 0 Å². The first kappa shape index (κ1) is 15.2. The second kappa shape index (κ2) is 5.68. The maximum Gasteiger partial charge on any atom is 0.222 e. The average Bonchev–Trinajstić information content (AvgIpc) is 2.71. The normalized spacial score (nSPS) is 12.2. The number of carbonyl (C=O) groups excluding carboxylic acids is 1. The lowest BCUT2D eigenvalue weighted by atomic mass is 10.1. The van der Waals surface area contributed by atoms with Crippen LogP contribution in [-0.4, -0.2) is 34.3 Å². The zero-order chi connectivity index (χ0) is 15.7. The van der Waals surface area contributed by atoms with Crippen molar-refractivity contribution in [1.82, 2.24) is 14.5 Å². The number of Topliss-reactive ketones (excluding diaryl/α,β-unsaturated/α-hetero) is 1. The number of benzene rings is 1. The number of imidazole rings is 1. The van der Waals surface area contributed by atoms with Crippen LogP contribution in [0.15, 0.2) is 30.2 Å². The van der Waals surface area contributed by atoms with E-state index in [9.17, 15) is 9.18 Å². The summed E-state index contributed by atoms with van der Waals surface area (Å²) in [6.45, 7) is 6.03. The second-order valence-corrected chi connectivity index (χ2v) is 5.60. The van der Waals surface area contributed by atoms with Crippen molar-refractivity contribution >= 4 is 16.8 Å². The number of fused-ring (bicyclic) bond motifs is 1. The number of carbonyl (C=O) groups is 1. The molecule has 0 aliphatic heterocycles. The van der Waals surface area contributed by atoms with E-state index in [0.29, 0.717) is 5.56 Å². The molecule has 0 unspecified atom stereocenters. The number of nitrogens with zero attached hydrogens (tertiary/aromatic N) is 3. The molecule has 0 spiro atoms. The zero-order valence-electron chi connectivity index (χ0n) is 13.0. The smallest absolute Gasteiger partial charge is 0.222 e. The zero-order valence-corrected chi connectivity index (χ0v) is 13.0. The van der Waals surface area contributed by atoms with Crippen LogP contribution in [0.25, 0.3) is 11.0 Å². The molecule has 0 saturated heterocycles. The van der Waals surface area contributed by atoms with Gasteiger partial charge in [0.15, 0.2) is 5.83 Å². The monoisotopic (exact) mass is 289 g/mol. The topological polar surface area (TPSA) is 38.1 Å². The lowest BCUT2D eigenvalue weighted by Gasteiger charge is -2.11. The molecule has 0 amide bonds. The summed E-state index contributed by atoms with van der Waals surface area (Å²) >= 11 is 0. The van der Waals surface area contributed by atoms with Crippen molar-refractivity contribution in [2.75, 3.05) is 14.1 Å². The minimum Gasteiger partial charge on any atom is -0.381 e. The Kier molecular flexibility index (Phi) is 4.11. The highest BCUT2D eigenvalue weighted by Crippen LogP contribution is 2.23. The highest BCUT2D eigenvalue weighted by molar-refractivity contribution is 6.08. The maximum atomic E-state index is 13.8. The molecule has 5 heteroatoms. The van der Waals surface area contributed by atoms with Crippen LogP contribution in [0.2, 0.25) is 0 Å². The van der Waals surface area contributed by atoms with E-state index in [2.05, 4.69) is 18.8 Å². The Morgan fingerprint density at radius 3 is 2.62 bits per heavy atom. The van der Waals surface area contributed by atoms with Crippen LogP contribution in [0.1, 0.15) is 36.1 Å². The van der Waals surface area contributed by atoms with E-state index in [4.69, 9.17) is 0 Å². The molecule has 0 aliphatic rings. The van der Waals surface area contributed by atoms with Crippen molar-refractivity contribution in [1.29, 1.82) is 0 Å². The van der Waals surface area contributed by atoms with Gasteiger partial charge in [0.1, 0.15) is 5.82 Å². The number of hydrogen-bond acceptors (Lipinski definition) is 3. The Balaban J connectivity index is 2.52. The Morgan fingerprint density at radius 2 is 2.05 bits per heavy atom. The number of aryl methyl sites for hydroxylation is 1. The average molecular weight is 289 g/mol. The van der Waals surface area contributed by atoms with Gasteiger partial charge in [0.05, 0.1) is 11.0 Å². The van der Waals surface area contributed by atoms with Crippen LogP contribution < -0.4 is 0 Å². The van der Waals surface area contributed by atoms with Gasteiger partial charge in [0.2, 0.25) is 5.78 Å². The molecule has 0 radical (unpaired) electrons. The minimum absolute atomic E-state index is 0.225. The first-order valence-corrected chi connectivity index (χ1v) is 6.88. The van der Waals surface area contributed by atoms with Crippen molar-refractivity contribution in [2.24, 2.45) is 0 Å². The summed E-state index contributed by atoms with van der Waals surface area (Å²) in [6.07, 6.45) is 1.18. The first-order chi connectivity index (χ1) is 9.81. The molecule has 0 atom stereocenters. The number of halogens is 1. The van der Waals surface area contributed by atoms with Gasteiger partial charge < -0.3 is 9.47 Å². The molecule has 1 heterocycles. The Morgan fingerprint density at radius 1 is 1.38 bits per heavy atom. The minimum atomic E-state index is -0.772. The van der Waals surface area contributed by atoms with Gasteiger partial charge in [-0.25, -0.2) is 9.37 Å². The number of ketones is 1. The number of allylic oxidation sites excluding steroid dienone is 1. The molecule has 0 N–H and O–H groups in total. The molecule has 1 aromatic carbocycles. The van der Waals surface area contributed by atoms with Gasteiger partial charge in [-0.05, 0) is 39.0 Å². The third-order valence-corrected chi connectivity index (χ3v) is 3.23. The highest BCUT2D eigenvalue weighted by Gasteiger charge is 2.16. The number of rotatable bonds is 4. The van der Waals surface area contributed by atoms with Gasteiger partial charge in [-0.3, -0.25) is 4.79 Å². The lowest BCUT2D eigenvalue weighted by molar-refractivity contribution is 0.100. The largest absolute Gasteiger partial charge is 0.381 e. The molecule has 112 valence electrons. The molecule has 0 aliphatic carbocycles. The fourth-order valence-corrected chi connectivity index (χ4v) is 2.43. The lowest BCUT2D eigenvalue weighted by Crippen LogP contribution is -2.08. The molecule has 1 aromatic heterocycles. The van der Waals surface area contributed by atoms with Crippen LogP contribution in [-0.2, 0) is 0 Å². The molecule has 0 saturated carbocycles. The quantitative estimate of drug-likeness (QED) is 0.639. The van der Waals surface area contributed by atoms with Crippen molar-refractivity contribution < 1.29 is 9.18 Å². The molecular weight excluding hydrogens is 269 g/mol. The molecule has 0 fully saturated rings. The van der Waals surface area contributed by atoms with Gasteiger partial charge in [-0.2, -0.15) is 0 Å². The van der Waals surface area contributed by atoms with Crippen molar-refractivity contribution in [3.05, 3.63) is 41.6 Å². The molecule has 2 aromatic rings. The summed E-state index contributed by atoms with van der Waals surface area (Å²) in [5.41, 5.74) is 2.00. The van der Waals surface area contributed by atoms with Crippen LogP contribution in [0, 0.1) is 6.92 Å². The molecular formula is C16H20FN3O. The van der Waals surface area contributed by atoms with Crippen LogP contribution >= 0.6 is 0 Å². The third-order valence-electron chi connectivity index (χ3n) is 3.23. The van der Waals surface area contributed by atoms with Crippen molar-refractivity contribution in [3.8, 4) is 0 Å². The van der Waals surface area contributed by atoms with E-state index in [1.165, 1.54) is 11.1 Å². The van der Waals surface area contributed by atoms with Crippen LogP contribution in [0.5, 0.6) is 0 Å². The summed E-state index contributed by atoms with van der Waals surface area (Å²) in [7, 11) is 3.35. The maximum absolute atomic E-state index is 13.8. The summed E-state index contributed by atoms with van der Waals surface area (Å²) < 4.78 is 15.9. The van der Waals surface area contributed by atoms with Gasteiger partial charge in [0, 0.05) is 31.9 Å². The second-order valence-electron chi connectivity index (χ2n) is 5.60. The van der Waals surface area contributed by atoms with E-state index < -0.39 is 11.6 Å². The van der Waals surface area contributed by atoms with Gasteiger partial charge in [-0.1, -0.05) is 0 Å². The van der Waals surface area contributed by atoms with Gasteiger partial charge in [-0.15, -0.1) is 0 Å². The highest BCUT2D eigenvalue weighted by atomic mass is 19.1. The predicted molar refractivity (Wildman–Crippen MR) is 82.1 cm³/mol. The van der Waals surface area contributed by atoms with Crippen LogP contribution in [0.4, 0.5) is 4.39 Å². The molecule has 21 heavy (non-hydrogen) atoms. The van der Waals surface area contributed by atoms with E-state index in [1.807, 2.05) is 11.5 Å². The van der Waals surface area contributed by atoms with E-state index in [1.54, 1.807) is 32.3 Å². The predicted octanol–water partition coefficient (Wildman–Crippen LogP) is 3.48. The Bertz CT molecular complexity index is 714. The van der Waals surface area contributed by atoms with Crippen molar-refractivity contribution in [2.45, 2.75) is 26.8 Å². The van der Waals surface area contributed by atoms with Gasteiger partial charge >= 0.3 is 0 Å². The fraction of sp³-hybridized carbons (Fsp3) is 0.375. The molecule has 4 nitrogen and oxygen atoms in total. The van der Waals surface area contributed by atoms with E-state index in [0.717, 1.165) is 16.9 Å². The number of hydrogen-bond donors (Lipinski definition) is 0. The van der Waals surface area contributed by atoms with Gasteiger partial charge in [0.25, 0.3) is 0 Å². The summed E-state index contributed by atoms with van der Waals surface area (Å²) in [5, 5.41) is 0. The summed E-state index contributed by atoms with van der Waals surface area (Å²) in [6, 6.07) is 5.31. The van der Waals surface area contributed by atoms with Crippen LogP contribution in [0.3, 0.4) is 0 Å². The molecule has 2 rings (SSSR count). The summed E-state index contributed by atoms with van der Waals surface area (Å²) in [4.78, 5) is 18.1. The Hall–Kier alpha value is -2.17. The standard InChI is InChI=1S/C16H20FN3O/c1-10(2)20-11(3)18-14-7-6-12(8-15(14)20)16(21)13(17)9-19(4)5/h6-10H,1-5H3. The fourth-order valence-electron chi connectivity index (χ4n) is 2.43. The summed E-state index contributed by atoms with van der Waals surface area (Å²) in [5.74, 6) is -0.500. The molecule has 0 bridgehead atoms. The SMILES string of the molecule is Cc1nc2ccc(C(=O)C(F)=CN(C)C)cc2n1C(C)C. The third kappa shape index (κ3) is 2.96. The Labute approximate surface area is 123 Å². The van der Waals surface area contributed by atoms with E-state index >= 15 is 0 Å². The number of aromatic nitrogens is 2.